The van der Waals surface area contributed by atoms with Crippen molar-refractivity contribution in [3.63, 3.8) is 0 Å². The van der Waals surface area contributed by atoms with Gasteiger partial charge in [0.2, 0.25) is 0 Å². The second-order valence-corrected chi connectivity index (χ2v) is 4.26. The lowest BCUT2D eigenvalue weighted by atomic mass is 10.1. The number of pyridine rings is 1. The van der Waals surface area contributed by atoms with Gasteiger partial charge >= 0.3 is 5.97 Å². The zero-order chi connectivity index (χ0) is 12.5. The van der Waals surface area contributed by atoms with E-state index in [1.807, 2.05) is 24.3 Å². The molecule has 1 aliphatic heterocycles. The van der Waals surface area contributed by atoms with Gasteiger partial charge < -0.3 is 5.11 Å². The Kier molecular flexibility index (Phi) is 2.70. The van der Waals surface area contributed by atoms with Gasteiger partial charge in [0.25, 0.3) is 0 Å². The summed E-state index contributed by atoms with van der Waals surface area (Å²) < 4.78 is 0. The van der Waals surface area contributed by atoms with Crippen molar-refractivity contribution in [3.05, 3.63) is 41.6 Å². The van der Waals surface area contributed by atoms with E-state index in [0.717, 1.165) is 24.0 Å². The third-order valence-electron chi connectivity index (χ3n) is 3.08. The van der Waals surface area contributed by atoms with Crippen LogP contribution in [0.15, 0.2) is 30.3 Å². The number of nitrogens with zero attached hydrogens (tertiary/aromatic N) is 1. The summed E-state index contributed by atoms with van der Waals surface area (Å²) in [5, 5.41) is 16.5. The Labute approximate surface area is 104 Å². The summed E-state index contributed by atoms with van der Waals surface area (Å²) in [5.74, 6) is -0.946. The van der Waals surface area contributed by atoms with Crippen LogP contribution in [0, 0.1) is 0 Å². The van der Waals surface area contributed by atoms with Crippen LogP contribution >= 0.6 is 0 Å². The Bertz CT molecular complexity index is 606. The van der Waals surface area contributed by atoms with Gasteiger partial charge in [0, 0.05) is 18.5 Å². The van der Waals surface area contributed by atoms with Crippen LogP contribution in [0.25, 0.3) is 10.9 Å². The molecule has 0 aliphatic carbocycles. The fourth-order valence-electron chi connectivity index (χ4n) is 2.22. The van der Waals surface area contributed by atoms with Crippen LogP contribution in [-0.4, -0.2) is 29.1 Å². The average molecular weight is 243 g/mol. The molecule has 0 bridgehead atoms. The number of hydrogen-bond acceptors (Lipinski definition) is 4. The largest absolute Gasteiger partial charge is 0.478 e. The molecule has 1 saturated heterocycles. The van der Waals surface area contributed by atoms with Crippen molar-refractivity contribution >= 4 is 16.9 Å². The number of carbonyl (C=O) groups is 1. The number of fused-ring (bicyclic) bond motifs is 1. The lowest BCUT2D eigenvalue weighted by Crippen LogP contribution is -2.25. The van der Waals surface area contributed by atoms with E-state index in [4.69, 9.17) is 0 Å². The summed E-state index contributed by atoms with van der Waals surface area (Å²) in [6, 6.07) is 9.21. The van der Waals surface area contributed by atoms with Gasteiger partial charge in [-0.05, 0) is 12.1 Å². The van der Waals surface area contributed by atoms with Crippen LogP contribution in [0.5, 0.6) is 0 Å². The van der Waals surface area contributed by atoms with E-state index in [-0.39, 0.29) is 11.7 Å². The van der Waals surface area contributed by atoms with Crippen LogP contribution in [0.1, 0.15) is 22.2 Å². The molecular formula is C13H13N3O2. The van der Waals surface area contributed by atoms with Crippen LogP contribution in [-0.2, 0) is 0 Å². The van der Waals surface area contributed by atoms with Crippen molar-refractivity contribution in [1.29, 1.82) is 0 Å². The minimum Gasteiger partial charge on any atom is -0.478 e. The Morgan fingerprint density at radius 3 is 2.72 bits per heavy atom. The lowest BCUT2D eigenvalue weighted by Gasteiger charge is -2.14. The lowest BCUT2D eigenvalue weighted by molar-refractivity contribution is 0.0694. The van der Waals surface area contributed by atoms with Crippen molar-refractivity contribution in [1.82, 2.24) is 15.6 Å². The molecule has 92 valence electrons. The molecule has 1 aliphatic rings. The molecule has 0 spiro atoms. The smallest absolute Gasteiger partial charge is 0.337 e. The third-order valence-corrected chi connectivity index (χ3v) is 3.08. The minimum absolute atomic E-state index is 0.180. The average Bonchev–Trinajstić information content (AvgIpc) is 2.91. The Balaban J connectivity index is 2.20. The van der Waals surface area contributed by atoms with E-state index in [2.05, 4.69) is 15.6 Å². The molecule has 2 aromatic rings. The van der Waals surface area contributed by atoms with Gasteiger partial charge in [0.15, 0.2) is 0 Å². The third kappa shape index (κ3) is 1.83. The highest BCUT2D eigenvalue weighted by Crippen LogP contribution is 2.21. The summed E-state index contributed by atoms with van der Waals surface area (Å²) in [5.41, 5.74) is 1.62. The fraction of sp³-hybridized carbons (Fsp3) is 0.231. The number of aromatic nitrogens is 1. The number of aromatic carboxylic acids is 1. The number of carboxylic acids is 1. The highest BCUT2D eigenvalue weighted by Gasteiger charge is 2.23. The Hall–Kier alpha value is -1.98. The van der Waals surface area contributed by atoms with Crippen LogP contribution in [0.4, 0.5) is 0 Å². The number of hydrogen-bond donors (Lipinski definition) is 3. The number of para-hydroxylation sites is 1. The predicted molar refractivity (Wildman–Crippen MR) is 67.4 cm³/mol. The molecule has 1 fully saturated rings. The first-order chi connectivity index (χ1) is 8.75. The van der Waals surface area contributed by atoms with Gasteiger partial charge in [0.05, 0.1) is 16.8 Å². The van der Waals surface area contributed by atoms with E-state index < -0.39 is 5.97 Å². The molecule has 3 N–H and O–H groups in total. The second kappa shape index (κ2) is 4.36. The molecule has 0 atom stereocenters. The van der Waals surface area contributed by atoms with E-state index in [1.54, 1.807) is 6.07 Å². The molecule has 0 saturated carbocycles. The van der Waals surface area contributed by atoms with Gasteiger partial charge in [-0.15, -0.1) is 0 Å². The molecule has 0 amide bonds. The van der Waals surface area contributed by atoms with Crippen molar-refractivity contribution in [2.24, 2.45) is 0 Å². The number of benzene rings is 1. The maximum absolute atomic E-state index is 11.3. The highest BCUT2D eigenvalue weighted by molar-refractivity contribution is 5.94. The summed E-state index contributed by atoms with van der Waals surface area (Å²) in [6.45, 7) is 1.64. The summed E-state index contributed by atoms with van der Waals surface area (Å²) >= 11 is 0. The predicted octanol–water partition coefficient (Wildman–Crippen LogP) is 1.12. The SMILES string of the molecule is O=C(O)c1cc2ccccc2nc1C1NCCN1. The van der Waals surface area contributed by atoms with Gasteiger partial charge in [-0.3, -0.25) is 10.6 Å². The quantitative estimate of drug-likeness (QED) is 0.737. The minimum atomic E-state index is -0.946. The fourth-order valence-corrected chi connectivity index (χ4v) is 2.22. The van der Waals surface area contributed by atoms with Crippen LogP contribution < -0.4 is 10.6 Å². The van der Waals surface area contributed by atoms with Crippen LogP contribution in [0.2, 0.25) is 0 Å². The molecule has 1 aromatic carbocycles. The van der Waals surface area contributed by atoms with Crippen LogP contribution in [0.3, 0.4) is 0 Å². The summed E-state index contributed by atoms with van der Waals surface area (Å²) in [6.07, 6.45) is -0.180. The Morgan fingerprint density at radius 1 is 1.28 bits per heavy atom. The summed E-state index contributed by atoms with van der Waals surface area (Å²) in [4.78, 5) is 15.8. The molecule has 0 unspecified atom stereocenters. The first kappa shape index (κ1) is 11.1. The zero-order valence-corrected chi connectivity index (χ0v) is 9.68. The van der Waals surface area contributed by atoms with Crippen molar-refractivity contribution in [2.75, 3.05) is 13.1 Å². The molecule has 5 heteroatoms. The maximum atomic E-state index is 11.3. The van der Waals surface area contributed by atoms with Gasteiger partial charge in [0.1, 0.15) is 6.17 Å². The van der Waals surface area contributed by atoms with Crippen molar-refractivity contribution < 1.29 is 9.90 Å². The summed E-state index contributed by atoms with van der Waals surface area (Å²) in [7, 11) is 0. The first-order valence-corrected chi connectivity index (χ1v) is 5.85. The monoisotopic (exact) mass is 243 g/mol. The molecule has 2 heterocycles. The van der Waals surface area contributed by atoms with E-state index in [9.17, 15) is 9.90 Å². The molecule has 5 nitrogen and oxygen atoms in total. The molecule has 18 heavy (non-hydrogen) atoms. The normalized spacial score (nSPS) is 16.2. The highest BCUT2D eigenvalue weighted by atomic mass is 16.4. The van der Waals surface area contributed by atoms with E-state index >= 15 is 0 Å². The first-order valence-electron chi connectivity index (χ1n) is 5.85. The second-order valence-electron chi connectivity index (χ2n) is 4.26. The number of carboxylic acid groups (broad SMARTS) is 1. The molecule has 1 aromatic heterocycles. The molecular weight excluding hydrogens is 230 g/mol. The number of nitrogens with one attached hydrogen (secondary N) is 2. The standard InChI is InChI=1S/C13H13N3O2/c17-13(18)9-7-8-3-1-2-4-10(8)16-11(9)12-14-5-6-15-12/h1-4,7,12,14-15H,5-6H2,(H,17,18). The van der Waals surface area contributed by atoms with Gasteiger partial charge in [-0.2, -0.15) is 0 Å². The molecule has 3 rings (SSSR count). The number of rotatable bonds is 2. The van der Waals surface area contributed by atoms with E-state index in [1.165, 1.54) is 0 Å². The zero-order valence-electron chi connectivity index (χ0n) is 9.68. The Morgan fingerprint density at radius 2 is 2.00 bits per heavy atom. The van der Waals surface area contributed by atoms with Crippen molar-refractivity contribution in [3.8, 4) is 0 Å². The van der Waals surface area contributed by atoms with Gasteiger partial charge in [-0.1, -0.05) is 18.2 Å². The van der Waals surface area contributed by atoms with Crippen molar-refractivity contribution in [2.45, 2.75) is 6.17 Å². The topological polar surface area (TPSA) is 74.2 Å². The maximum Gasteiger partial charge on any atom is 0.337 e. The molecule has 0 radical (unpaired) electrons. The van der Waals surface area contributed by atoms with E-state index in [0.29, 0.717) is 5.69 Å². The van der Waals surface area contributed by atoms with Gasteiger partial charge in [-0.25, -0.2) is 9.78 Å².